The maximum atomic E-state index is 14.0. The van der Waals surface area contributed by atoms with Crippen LogP contribution < -0.4 is 10.5 Å². The number of nitrogens with two attached hydrogens (primary N) is 1. The van der Waals surface area contributed by atoms with E-state index in [2.05, 4.69) is 20.5 Å². The zero-order valence-electron chi connectivity index (χ0n) is 20.4. The van der Waals surface area contributed by atoms with Gasteiger partial charge in [0.15, 0.2) is 5.16 Å². The molecule has 2 heterocycles. The number of halogens is 2. The molecule has 1 amide bonds. The fraction of sp³-hybridized carbons (Fsp3) is 0.250. The number of hydrogen-bond donors (Lipinski definition) is 2. The normalized spacial score (nSPS) is 11.9. The Morgan fingerprint density at radius 1 is 1.05 bits per heavy atom. The molecule has 0 radical (unpaired) electrons. The van der Waals surface area contributed by atoms with Gasteiger partial charge in [-0.2, -0.15) is 0 Å². The van der Waals surface area contributed by atoms with E-state index in [1.165, 1.54) is 22.8 Å². The van der Waals surface area contributed by atoms with Gasteiger partial charge in [-0.25, -0.2) is 22.3 Å². The fourth-order valence-corrected chi connectivity index (χ4v) is 5.33. The van der Waals surface area contributed by atoms with Gasteiger partial charge in [-0.15, -0.1) is 10.2 Å². The Hall–Kier alpha value is -3.42. The minimum Gasteiger partial charge on any atom is -0.325 e. The summed E-state index contributed by atoms with van der Waals surface area (Å²) in [5, 5.41) is 16.4. The van der Waals surface area contributed by atoms with Crippen molar-refractivity contribution < 1.29 is 22.0 Å². The molecule has 0 aliphatic carbocycles. The summed E-state index contributed by atoms with van der Waals surface area (Å²) < 4.78 is 52.3. The van der Waals surface area contributed by atoms with E-state index in [0.29, 0.717) is 28.0 Å². The van der Waals surface area contributed by atoms with Crippen molar-refractivity contribution in [2.75, 3.05) is 11.1 Å². The summed E-state index contributed by atoms with van der Waals surface area (Å²) in [7, 11) is -3.88. The van der Waals surface area contributed by atoms with Crippen molar-refractivity contribution in [1.29, 1.82) is 0 Å². The molecular formula is C24H24F2N6O3S2. The van der Waals surface area contributed by atoms with Gasteiger partial charge in [0.2, 0.25) is 21.8 Å². The second kappa shape index (κ2) is 10.1. The molecule has 0 unspecified atom stereocenters. The molecule has 2 aromatic heterocycles. The van der Waals surface area contributed by atoms with Gasteiger partial charge in [0, 0.05) is 16.8 Å². The minimum absolute atomic E-state index is 0.0745. The van der Waals surface area contributed by atoms with Crippen LogP contribution in [0.25, 0.3) is 16.6 Å². The number of carbonyl (C=O) groups excluding carboxylic acids is 1. The Morgan fingerprint density at radius 2 is 1.78 bits per heavy atom. The monoisotopic (exact) mass is 546 g/mol. The van der Waals surface area contributed by atoms with E-state index < -0.39 is 28.2 Å². The summed E-state index contributed by atoms with van der Waals surface area (Å²) in [5.41, 5.74) is 4.25. The molecule has 4 aromatic rings. The third-order valence-corrected chi connectivity index (χ3v) is 7.54. The van der Waals surface area contributed by atoms with E-state index in [4.69, 9.17) is 5.14 Å². The smallest absolute Gasteiger partial charge is 0.297 e. The zero-order chi connectivity index (χ0) is 27.1. The molecule has 0 spiro atoms. The van der Waals surface area contributed by atoms with Crippen LogP contribution in [0.3, 0.4) is 0 Å². The van der Waals surface area contributed by atoms with Crippen LogP contribution in [0.4, 0.5) is 14.5 Å². The van der Waals surface area contributed by atoms with E-state index in [0.717, 1.165) is 28.4 Å². The number of nitrogens with one attached hydrogen (secondary N) is 1. The lowest BCUT2D eigenvalue weighted by Gasteiger charge is -2.17. The molecule has 0 aliphatic heterocycles. The van der Waals surface area contributed by atoms with Gasteiger partial charge in [-0.3, -0.25) is 14.3 Å². The molecular weight excluding hydrogens is 522 g/mol. The van der Waals surface area contributed by atoms with E-state index >= 15 is 0 Å². The molecule has 13 heteroatoms. The number of anilines is 1. The Balaban J connectivity index is 1.67. The van der Waals surface area contributed by atoms with E-state index in [9.17, 15) is 22.0 Å². The van der Waals surface area contributed by atoms with E-state index in [-0.39, 0.29) is 15.8 Å². The molecule has 0 saturated heterocycles. The van der Waals surface area contributed by atoms with Gasteiger partial charge in [0.1, 0.15) is 0 Å². The van der Waals surface area contributed by atoms with Gasteiger partial charge in [0.05, 0.1) is 21.9 Å². The summed E-state index contributed by atoms with van der Waals surface area (Å²) >= 11 is 0.947. The van der Waals surface area contributed by atoms with Crippen molar-refractivity contribution in [3.8, 4) is 5.69 Å². The zero-order valence-corrected chi connectivity index (χ0v) is 22.0. The Morgan fingerprint density at radius 3 is 2.43 bits per heavy atom. The Kier molecular flexibility index (Phi) is 7.31. The lowest BCUT2D eigenvalue weighted by atomic mass is 10.0. The lowest BCUT2D eigenvalue weighted by molar-refractivity contribution is -0.113. The molecule has 0 saturated carbocycles. The van der Waals surface area contributed by atoms with Crippen molar-refractivity contribution in [3.05, 3.63) is 64.6 Å². The first-order valence-corrected chi connectivity index (χ1v) is 13.6. The molecule has 3 N–H and O–H groups in total. The average molecular weight is 547 g/mol. The Bertz CT molecular complexity index is 1640. The van der Waals surface area contributed by atoms with Crippen molar-refractivity contribution in [2.24, 2.45) is 5.14 Å². The summed E-state index contributed by atoms with van der Waals surface area (Å²) in [6.45, 7) is 7.17. The number of thioether (sulfide) groups is 1. The molecule has 2 aromatic carbocycles. The van der Waals surface area contributed by atoms with Crippen LogP contribution in [-0.4, -0.2) is 39.8 Å². The number of nitrogens with zero attached hydrogens (tertiary/aromatic N) is 4. The molecule has 0 bridgehead atoms. The predicted molar refractivity (Wildman–Crippen MR) is 138 cm³/mol. The van der Waals surface area contributed by atoms with Crippen molar-refractivity contribution >= 4 is 44.3 Å². The number of aryl methyl sites for hydroxylation is 4. The average Bonchev–Trinajstić information content (AvgIpc) is 3.22. The highest BCUT2D eigenvalue weighted by atomic mass is 32.2. The van der Waals surface area contributed by atoms with E-state index in [1.807, 2.05) is 32.0 Å². The highest BCUT2D eigenvalue weighted by molar-refractivity contribution is 7.99. The van der Waals surface area contributed by atoms with Crippen LogP contribution in [-0.2, 0) is 14.8 Å². The molecule has 37 heavy (non-hydrogen) atoms. The maximum absolute atomic E-state index is 14.0. The second-order valence-electron chi connectivity index (χ2n) is 8.54. The number of carbonyl (C=O) groups is 1. The number of pyridine rings is 1. The molecule has 9 nitrogen and oxygen atoms in total. The van der Waals surface area contributed by atoms with Crippen LogP contribution in [0, 0.1) is 27.7 Å². The van der Waals surface area contributed by atoms with Gasteiger partial charge in [-0.1, -0.05) is 23.9 Å². The summed E-state index contributed by atoms with van der Waals surface area (Å²) in [5.74, 6) is -1.15. The van der Waals surface area contributed by atoms with Crippen LogP contribution >= 0.6 is 11.8 Å². The summed E-state index contributed by atoms with van der Waals surface area (Å²) in [6.07, 6.45) is -2.91. The number of alkyl halides is 2. The predicted octanol–water partition coefficient (Wildman–Crippen LogP) is 4.36. The molecule has 0 aliphatic rings. The number of benzene rings is 2. The van der Waals surface area contributed by atoms with Crippen LogP contribution in [0.15, 0.2) is 46.5 Å². The van der Waals surface area contributed by atoms with Crippen molar-refractivity contribution in [1.82, 2.24) is 19.7 Å². The number of aromatic nitrogens is 4. The maximum Gasteiger partial charge on any atom is 0.297 e. The third kappa shape index (κ3) is 5.48. The van der Waals surface area contributed by atoms with Crippen LogP contribution in [0.2, 0.25) is 0 Å². The third-order valence-electron chi connectivity index (χ3n) is 5.70. The number of amides is 1. The minimum atomic E-state index is -3.88. The number of primary sulfonamides is 1. The first kappa shape index (κ1) is 26.6. The lowest BCUT2D eigenvalue weighted by Crippen LogP contribution is -2.17. The molecule has 4 rings (SSSR count). The van der Waals surface area contributed by atoms with Crippen LogP contribution in [0.1, 0.15) is 34.6 Å². The van der Waals surface area contributed by atoms with Crippen molar-refractivity contribution in [2.45, 2.75) is 44.2 Å². The summed E-state index contributed by atoms with van der Waals surface area (Å²) in [4.78, 5) is 17.2. The van der Waals surface area contributed by atoms with E-state index in [1.54, 1.807) is 13.8 Å². The molecule has 0 atom stereocenters. The van der Waals surface area contributed by atoms with Crippen LogP contribution in [0.5, 0.6) is 0 Å². The second-order valence-corrected chi connectivity index (χ2v) is 11.0. The first-order chi connectivity index (χ1) is 17.4. The highest BCUT2D eigenvalue weighted by Crippen LogP contribution is 2.34. The SMILES string of the molecule is Cc1ccc2c(C)cc(C)c(-n3c(SCC(=O)Nc4ccc(S(N)(=O)=O)cc4C)nnc3C(F)F)c2n1. The standard InChI is InChI=1S/C24H24F2N6O3S2/c1-12-9-14(3)21(20-17(12)7-5-15(4)28-20)32-23(22(25)26)30-31-24(32)36-11-19(33)29-18-8-6-16(10-13(18)2)37(27,34)35/h5-10,22H,11H2,1-4H3,(H,29,33)(H2,27,34,35). The largest absolute Gasteiger partial charge is 0.325 e. The Labute approximate surface area is 216 Å². The topological polar surface area (TPSA) is 133 Å². The summed E-state index contributed by atoms with van der Waals surface area (Å²) in [6, 6.07) is 9.71. The van der Waals surface area contributed by atoms with Crippen molar-refractivity contribution in [3.63, 3.8) is 0 Å². The fourth-order valence-electron chi connectivity index (χ4n) is 3.99. The van der Waals surface area contributed by atoms with Gasteiger partial charge < -0.3 is 5.32 Å². The first-order valence-electron chi connectivity index (χ1n) is 11.0. The van der Waals surface area contributed by atoms with Gasteiger partial charge >= 0.3 is 0 Å². The van der Waals surface area contributed by atoms with Gasteiger partial charge in [-0.05, 0) is 68.7 Å². The molecule has 0 fully saturated rings. The van der Waals surface area contributed by atoms with Gasteiger partial charge in [0.25, 0.3) is 6.43 Å². The number of sulfonamides is 1. The number of fused-ring (bicyclic) bond motifs is 1. The highest BCUT2D eigenvalue weighted by Gasteiger charge is 2.25. The number of hydrogen-bond acceptors (Lipinski definition) is 7. The number of rotatable bonds is 7. The molecule has 194 valence electrons. The quantitative estimate of drug-likeness (QED) is 0.329.